The molecule has 2 rings (SSSR count). The molecule has 0 bridgehead atoms. The molecule has 1 heterocycles. The lowest BCUT2D eigenvalue weighted by molar-refractivity contribution is 0.0287. The summed E-state index contributed by atoms with van der Waals surface area (Å²) in [5.41, 5.74) is 4.29. The lowest BCUT2D eigenvalue weighted by atomic mass is 10.0. The fourth-order valence-corrected chi connectivity index (χ4v) is 2.40. The minimum Gasteiger partial charge on any atom is -0.338 e. The highest BCUT2D eigenvalue weighted by atomic mass is 79.9. The number of carbonyl (C=O) groups is 1. The number of benzene rings is 1. The zero-order chi connectivity index (χ0) is 14.7. The van der Waals surface area contributed by atoms with Gasteiger partial charge in [0, 0.05) is 23.0 Å². The Balaban J connectivity index is 1.96. The number of likely N-dealkylation sites (N-methyl/N-ethyl adjacent to an activating group) is 1. The normalized spacial score (nSPS) is 23.1. The number of halogens is 1. The van der Waals surface area contributed by atoms with Crippen molar-refractivity contribution >= 4 is 21.9 Å². The van der Waals surface area contributed by atoms with Gasteiger partial charge in [-0.3, -0.25) is 4.90 Å². The Morgan fingerprint density at radius 2 is 2.00 bits per heavy atom. The second-order valence-electron chi connectivity index (χ2n) is 5.20. The molecule has 1 aliphatic heterocycles. The Bertz CT molecular complexity index is 513. The highest BCUT2D eigenvalue weighted by molar-refractivity contribution is 9.10. The van der Waals surface area contributed by atoms with Gasteiger partial charge in [-0.25, -0.2) is 10.3 Å². The molecule has 0 saturated carbocycles. The lowest BCUT2D eigenvalue weighted by Gasteiger charge is -2.32. The van der Waals surface area contributed by atoms with E-state index in [-0.39, 0.29) is 5.97 Å². The zero-order valence-corrected chi connectivity index (χ0v) is 13.5. The van der Waals surface area contributed by atoms with Crippen LogP contribution in [0.1, 0.15) is 24.2 Å². The second kappa shape index (κ2) is 6.41. The molecular formula is C15H19BrN2O2. The Hall–Kier alpha value is -1.33. The van der Waals surface area contributed by atoms with Gasteiger partial charge in [0.1, 0.15) is 0 Å². The number of hydroxylamine groups is 1. The molecule has 1 aromatic carbocycles. The van der Waals surface area contributed by atoms with Crippen LogP contribution in [-0.2, 0) is 4.84 Å². The highest BCUT2D eigenvalue weighted by Crippen LogP contribution is 2.19. The predicted molar refractivity (Wildman–Crippen MR) is 82.0 cm³/mol. The van der Waals surface area contributed by atoms with Crippen molar-refractivity contribution in [3.63, 3.8) is 0 Å². The summed E-state index contributed by atoms with van der Waals surface area (Å²) in [5.74, 6) is -0.0638. The van der Waals surface area contributed by atoms with Gasteiger partial charge in [0.25, 0.3) is 0 Å². The van der Waals surface area contributed by atoms with Gasteiger partial charge in [0.15, 0.2) is 0 Å². The summed E-state index contributed by atoms with van der Waals surface area (Å²) in [7, 11) is 2.09. The number of carbonyl (C=O) groups excluding carboxylic acids is 1. The first-order chi connectivity index (χ1) is 9.47. The molecule has 2 unspecified atom stereocenters. The molecule has 2 atom stereocenters. The molecule has 20 heavy (non-hydrogen) atoms. The standard InChI is InChI=1S/C15H19BrN2O2/c1-10-9-18(3)11(2)8-14(10)17-20-15(19)12-4-6-13(16)7-5-12/h4-8,10-11,17H,9H2,1-3H3. The first-order valence-corrected chi connectivity index (χ1v) is 7.41. The highest BCUT2D eigenvalue weighted by Gasteiger charge is 2.22. The van der Waals surface area contributed by atoms with E-state index >= 15 is 0 Å². The van der Waals surface area contributed by atoms with Crippen LogP contribution >= 0.6 is 15.9 Å². The number of rotatable bonds is 3. The van der Waals surface area contributed by atoms with Crippen LogP contribution in [0.3, 0.4) is 0 Å². The van der Waals surface area contributed by atoms with Gasteiger partial charge < -0.3 is 4.84 Å². The van der Waals surface area contributed by atoms with Gasteiger partial charge in [-0.1, -0.05) is 22.9 Å². The van der Waals surface area contributed by atoms with Crippen LogP contribution in [0.4, 0.5) is 0 Å². The van der Waals surface area contributed by atoms with E-state index in [1.807, 2.05) is 12.1 Å². The molecule has 108 valence electrons. The molecule has 0 aromatic heterocycles. The van der Waals surface area contributed by atoms with E-state index < -0.39 is 0 Å². The molecule has 5 heteroatoms. The smallest absolute Gasteiger partial charge is 0.338 e. The van der Waals surface area contributed by atoms with Gasteiger partial charge >= 0.3 is 5.97 Å². The molecule has 0 saturated heterocycles. The number of hydrogen-bond donors (Lipinski definition) is 1. The van der Waals surface area contributed by atoms with Crippen LogP contribution in [-0.4, -0.2) is 30.5 Å². The van der Waals surface area contributed by atoms with Crippen molar-refractivity contribution in [3.05, 3.63) is 46.1 Å². The van der Waals surface area contributed by atoms with Crippen molar-refractivity contribution < 1.29 is 9.63 Å². The first-order valence-electron chi connectivity index (χ1n) is 6.62. The van der Waals surface area contributed by atoms with E-state index in [1.165, 1.54) is 0 Å². The summed E-state index contributed by atoms with van der Waals surface area (Å²) in [5, 5.41) is 0. The maximum atomic E-state index is 11.9. The van der Waals surface area contributed by atoms with Crippen molar-refractivity contribution in [2.24, 2.45) is 5.92 Å². The van der Waals surface area contributed by atoms with E-state index in [0.717, 1.165) is 16.7 Å². The van der Waals surface area contributed by atoms with Gasteiger partial charge in [-0.15, -0.1) is 0 Å². The number of nitrogens with one attached hydrogen (secondary N) is 1. The second-order valence-corrected chi connectivity index (χ2v) is 6.12. The fourth-order valence-electron chi connectivity index (χ4n) is 2.13. The number of nitrogens with zero attached hydrogens (tertiary/aromatic N) is 1. The molecular weight excluding hydrogens is 320 g/mol. The Morgan fingerprint density at radius 1 is 1.35 bits per heavy atom. The maximum Gasteiger partial charge on any atom is 0.362 e. The molecule has 1 N–H and O–H groups in total. The van der Waals surface area contributed by atoms with E-state index in [2.05, 4.69) is 53.3 Å². The van der Waals surface area contributed by atoms with Gasteiger partial charge in [0.05, 0.1) is 11.3 Å². The van der Waals surface area contributed by atoms with E-state index in [4.69, 9.17) is 4.84 Å². The minimum atomic E-state index is -0.378. The maximum absolute atomic E-state index is 11.9. The fraction of sp³-hybridized carbons (Fsp3) is 0.400. The summed E-state index contributed by atoms with van der Waals surface area (Å²) in [6.07, 6.45) is 2.09. The zero-order valence-electron chi connectivity index (χ0n) is 11.9. The molecule has 1 aliphatic rings. The number of hydrogen-bond acceptors (Lipinski definition) is 4. The van der Waals surface area contributed by atoms with Crippen LogP contribution < -0.4 is 5.48 Å². The van der Waals surface area contributed by atoms with Gasteiger partial charge in [-0.05, 0) is 44.3 Å². The van der Waals surface area contributed by atoms with E-state index in [0.29, 0.717) is 17.5 Å². The molecule has 0 amide bonds. The van der Waals surface area contributed by atoms with Gasteiger partial charge in [0.2, 0.25) is 0 Å². The minimum absolute atomic E-state index is 0.314. The van der Waals surface area contributed by atoms with Crippen molar-refractivity contribution in [3.8, 4) is 0 Å². The van der Waals surface area contributed by atoms with Crippen LogP contribution in [0.15, 0.2) is 40.5 Å². The Labute approximate surface area is 127 Å². The van der Waals surface area contributed by atoms with Crippen LogP contribution in [0.25, 0.3) is 0 Å². The van der Waals surface area contributed by atoms with Crippen molar-refractivity contribution in [2.45, 2.75) is 19.9 Å². The molecule has 4 nitrogen and oxygen atoms in total. The van der Waals surface area contributed by atoms with Crippen LogP contribution in [0.2, 0.25) is 0 Å². The SMILES string of the molecule is CC1CN(C)C(C)C=C1NOC(=O)c1ccc(Br)cc1. The third kappa shape index (κ3) is 3.61. The van der Waals surface area contributed by atoms with Crippen molar-refractivity contribution in [1.82, 2.24) is 10.4 Å². The van der Waals surface area contributed by atoms with E-state index in [1.54, 1.807) is 12.1 Å². The molecule has 1 aromatic rings. The average Bonchev–Trinajstić information content (AvgIpc) is 2.42. The average molecular weight is 339 g/mol. The quantitative estimate of drug-likeness (QED) is 0.860. The Kier molecular flexibility index (Phi) is 4.83. The van der Waals surface area contributed by atoms with Crippen molar-refractivity contribution in [1.29, 1.82) is 0 Å². The first kappa shape index (κ1) is 15.1. The van der Waals surface area contributed by atoms with E-state index in [9.17, 15) is 4.79 Å². The molecule has 0 spiro atoms. The van der Waals surface area contributed by atoms with Gasteiger partial charge in [-0.2, -0.15) is 0 Å². The molecule has 0 aliphatic carbocycles. The summed E-state index contributed by atoms with van der Waals surface area (Å²) < 4.78 is 0.933. The summed E-state index contributed by atoms with van der Waals surface area (Å²) in [4.78, 5) is 19.3. The summed E-state index contributed by atoms with van der Waals surface area (Å²) in [6.45, 7) is 5.16. The van der Waals surface area contributed by atoms with Crippen LogP contribution in [0.5, 0.6) is 0 Å². The van der Waals surface area contributed by atoms with Crippen molar-refractivity contribution in [2.75, 3.05) is 13.6 Å². The third-order valence-electron chi connectivity index (χ3n) is 3.55. The largest absolute Gasteiger partial charge is 0.362 e. The topological polar surface area (TPSA) is 41.6 Å². The monoisotopic (exact) mass is 338 g/mol. The molecule has 0 fully saturated rings. The predicted octanol–water partition coefficient (Wildman–Crippen LogP) is 2.96. The Morgan fingerprint density at radius 3 is 2.65 bits per heavy atom. The summed E-state index contributed by atoms with van der Waals surface area (Å²) >= 11 is 3.33. The van der Waals surface area contributed by atoms with Crippen LogP contribution in [0, 0.1) is 5.92 Å². The third-order valence-corrected chi connectivity index (χ3v) is 4.08. The lowest BCUT2D eigenvalue weighted by Crippen LogP contribution is -2.40. The molecule has 0 radical (unpaired) electrons. The summed E-state index contributed by atoms with van der Waals surface area (Å²) in [6, 6.07) is 7.42.